The van der Waals surface area contributed by atoms with E-state index < -0.39 is 6.04 Å². The van der Waals surface area contributed by atoms with Gasteiger partial charge in [0.2, 0.25) is 11.8 Å². The van der Waals surface area contributed by atoms with E-state index in [1.807, 2.05) is 28.0 Å². The number of urea groups is 1. The molecule has 7 nitrogen and oxygen atoms in total. The molecule has 4 amide bonds. The Kier molecular flexibility index (Phi) is 5.00. The van der Waals surface area contributed by atoms with Crippen molar-refractivity contribution in [1.82, 2.24) is 20.0 Å². The van der Waals surface area contributed by atoms with E-state index in [4.69, 9.17) is 0 Å². The Labute approximate surface area is 165 Å². The van der Waals surface area contributed by atoms with Crippen LogP contribution in [0.3, 0.4) is 0 Å². The maximum Gasteiger partial charge on any atom is 0.317 e. The van der Waals surface area contributed by atoms with Gasteiger partial charge in [0.25, 0.3) is 0 Å². The molecule has 1 atom stereocenters. The van der Waals surface area contributed by atoms with Crippen LogP contribution in [-0.4, -0.2) is 71.8 Å². The minimum atomic E-state index is -0.436. The van der Waals surface area contributed by atoms with Crippen molar-refractivity contribution in [3.63, 3.8) is 0 Å². The molecule has 0 bridgehead atoms. The number of hydrogen-bond donors (Lipinski definition) is 1. The Morgan fingerprint density at radius 1 is 1.14 bits per heavy atom. The fourth-order valence-corrected chi connectivity index (χ4v) is 4.68. The lowest BCUT2D eigenvalue weighted by molar-refractivity contribution is -0.143. The van der Waals surface area contributed by atoms with Gasteiger partial charge in [-0.2, -0.15) is 0 Å². The summed E-state index contributed by atoms with van der Waals surface area (Å²) >= 11 is 0. The Hall–Kier alpha value is -2.57. The van der Waals surface area contributed by atoms with Gasteiger partial charge >= 0.3 is 6.03 Å². The Balaban J connectivity index is 1.36. The third kappa shape index (κ3) is 3.70. The van der Waals surface area contributed by atoms with E-state index in [1.165, 1.54) is 0 Å². The zero-order chi connectivity index (χ0) is 19.7. The molecule has 1 spiro atoms. The molecule has 1 aromatic rings. The van der Waals surface area contributed by atoms with Crippen LogP contribution in [0.2, 0.25) is 0 Å². The van der Waals surface area contributed by atoms with Crippen molar-refractivity contribution in [3.05, 3.63) is 35.9 Å². The lowest BCUT2D eigenvalue weighted by atomic mass is 9.72. The summed E-state index contributed by atoms with van der Waals surface area (Å²) in [7, 11) is 1.70. The Morgan fingerprint density at radius 2 is 1.86 bits per heavy atom. The van der Waals surface area contributed by atoms with Gasteiger partial charge in [-0.3, -0.25) is 9.59 Å². The van der Waals surface area contributed by atoms with Crippen molar-refractivity contribution in [2.75, 3.05) is 33.2 Å². The first kappa shape index (κ1) is 18.8. The van der Waals surface area contributed by atoms with E-state index in [-0.39, 0.29) is 23.3 Å². The highest BCUT2D eigenvalue weighted by molar-refractivity contribution is 5.90. The summed E-state index contributed by atoms with van der Waals surface area (Å²) in [4.78, 5) is 42.2. The fourth-order valence-electron chi connectivity index (χ4n) is 4.68. The summed E-state index contributed by atoms with van der Waals surface area (Å²) in [6.07, 6.45) is 3.31. The summed E-state index contributed by atoms with van der Waals surface area (Å²) < 4.78 is 0. The fraction of sp³-hybridized carbons (Fsp3) is 0.571. The molecule has 1 aromatic carbocycles. The zero-order valence-electron chi connectivity index (χ0n) is 16.4. The van der Waals surface area contributed by atoms with Crippen LogP contribution >= 0.6 is 0 Å². The number of rotatable bonds is 3. The van der Waals surface area contributed by atoms with Gasteiger partial charge in [0.05, 0.1) is 6.54 Å². The monoisotopic (exact) mass is 384 g/mol. The van der Waals surface area contributed by atoms with E-state index in [2.05, 4.69) is 17.4 Å². The lowest BCUT2D eigenvalue weighted by Crippen LogP contribution is -2.54. The highest BCUT2D eigenvalue weighted by Crippen LogP contribution is 2.40. The maximum atomic E-state index is 12.7. The molecule has 0 aliphatic carbocycles. The molecule has 28 heavy (non-hydrogen) atoms. The smallest absolute Gasteiger partial charge is 0.317 e. The minimum absolute atomic E-state index is 0.0144. The molecule has 0 radical (unpaired) electrons. The molecule has 3 saturated heterocycles. The second kappa shape index (κ2) is 7.45. The molecule has 3 fully saturated rings. The van der Waals surface area contributed by atoms with Crippen LogP contribution in [0.25, 0.3) is 0 Å². The van der Waals surface area contributed by atoms with Gasteiger partial charge in [0.15, 0.2) is 0 Å². The number of amides is 4. The third-order valence-corrected chi connectivity index (χ3v) is 6.50. The number of carbonyl (C=O) groups excluding carboxylic acids is 3. The third-order valence-electron chi connectivity index (χ3n) is 6.50. The van der Waals surface area contributed by atoms with Crippen LogP contribution in [0.5, 0.6) is 0 Å². The maximum absolute atomic E-state index is 12.7. The lowest BCUT2D eigenvalue weighted by Gasteiger charge is -2.47. The number of hydrogen-bond acceptors (Lipinski definition) is 3. The molecule has 0 aromatic heterocycles. The second-order valence-corrected chi connectivity index (χ2v) is 8.44. The van der Waals surface area contributed by atoms with Crippen molar-refractivity contribution < 1.29 is 14.4 Å². The average Bonchev–Trinajstić information content (AvgIpc) is 3.04. The first-order valence-electron chi connectivity index (χ1n) is 10.1. The van der Waals surface area contributed by atoms with Crippen LogP contribution in [-0.2, 0) is 16.1 Å². The summed E-state index contributed by atoms with van der Waals surface area (Å²) in [5.74, 6) is 0.241. The minimum Gasteiger partial charge on any atom is -0.341 e. The number of nitrogens with one attached hydrogen (secondary N) is 1. The van der Waals surface area contributed by atoms with Gasteiger partial charge in [-0.1, -0.05) is 30.3 Å². The van der Waals surface area contributed by atoms with Crippen molar-refractivity contribution in [2.45, 2.75) is 38.3 Å². The summed E-state index contributed by atoms with van der Waals surface area (Å²) in [5, 5.41) is 2.75. The molecule has 7 heteroatoms. The Bertz CT molecular complexity index is 758. The molecule has 0 saturated carbocycles. The topological polar surface area (TPSA) is 73.0 Å². The molecule has 4 rings (SSSR count). The number of carbonyl (C=O) groups is 3. The standard InChI is InChI=1S/C21H28N4O3/c1-23-14-17(22-20(23)28)19(27)24-11-9-21(10-12-24)8-7-18(26)25(15-21)13-16-5-3-2-4-6-16/h2-6,17H,7-15H2,1H3,(H,22,28). The highest BCUT2D eigenvalue weighted by Gasteiger charge is 2.43. The molecule has 1 N–H and O–H groups in total. The number of piperidine rings is 2. The molecule has 150 valence electrons. The van der Waals surface area contributed by atoms with E-state index in [9.17, 15) is 14.4 Å². The van der Waals surface area contributed by atoms with E-state index in [0.717, 1.165) is 31.4 Å². The molecule has 3 aliphatic rings. The highest BCUT2D eigenvalue weighted by atomic mass is 16.2. The first-order valence-corrected chi connectivity index (χ1v) is 10.1. The summed E-state index contributed by atoms with van der Waals surface area (Å²) in [6, 6.07) is 9.49. The van der Waals surface area contributed by atoms with E-state index in [0.29, 0.717) is 32.6 Å². The predicted octanol–water partition coefficient (Wildman–Crippen LogP) is 1.44. The van der Waals surface area contributed by atoms with Gasteiger partial charge < -0.3 is 20.0 Å². The van der Waals surface area contributed by atoms with Crippen molar-refractivity contribution >= 4 is 17.8 Å². The van der Waals surface area contributed by atoms with E-state index >= 15 is 0 Å². The summed E-state index contributed by atoms with van der Waals surface area (Å²) in [5.41, 5.74) is 1.26. The number of nitrogens with zero attached hydrogens (tertiary/aromatic N) is 3. The molecule has 1 unspecified atom stereocenters. The van der Waals surface area contributed by atoms with Crippen molar-refractivity contribution in [3.8, 4) is 0 Å². The average molecular weight is 384 g/mol. The van der Waals surface area contributed by atoms with Crippen LogP contribution in [0.4, 0.5) is 4.79 Å². The van der Waals surface area contributed by atoms with Crippen molar-refractivity contribution in [1.29, 1.82) is 0 Å². The van der Waals surface area contributed by atoms with Crippen molar-refractivity contribution in [2.24, 2.45) is 5.41 Å². The number of likely N-dealkylation sites (N-methyl/N-ethyl adjacent to an activating group) is 1. The molecular formula is C21H28N4O3. The zero-order valence-corrected chi connectivity index (χ0v) is 16.4. The molecule has 3 heterocycles. The van der Waals surface area contributed by atoms with Gasteiger partial charge in [-0.25, -0.2) is 4.79 Å². The number of likely N-dealkylation sites (tertiary alicyclic amines) is 2. The first-order chi connectivity index (χ1) is 13.5. The van der Waals surface area contributed by atoms with Gasteiger partial charge in [0, 0.05) is 39.6 Å². The number of benzene rings is 1. The van der Waals surface area contributed by atoms with Crippen LogP contribution in [0.1, 0.15) is 31.2 Å². The van der Waals surface area contributed by atoms with Crippen LogP contribution < -0.4 is 5.32 Å². The van der Waals surface area contributed by atoms with E-state index in [1.54, 1.807) is 11.9 Å². The van der Waals surface area contributed by atoms with Gasteiger partial charge in [0.1, 0.15) is 6.04 Å². The normalized spacial score (nSPS) is 24.6. The summed E-state index contributed by atoms with van der Waals surface area (Å²) in [6.45, 7) is 3.25. The van der Waals surface area contributed by atoms with Crippen LogP contribution in [0.15, 0.2) is 30.3 Å². The largest absolute Gasteiger partial charge is 0.341 e. The van der Waals surface area contributed by atoms with Gasteiger partial charge in [-0.05, 0) is 30.2 Å². The predicted molar refractivity (Wildman–Crippen MR) is 104 cm³/mol. The van der Waals surface area contributed by atoms with Gasteiger partial charge in [-0.15, -0.1) is 0 Å². The quantitative estimate of drug-likeness (QED) is 0.857. The SMILES string of the molecule is CN1CC(C(=O)N2CCC3(CCC(=O)N(Cc4ccccc4)C3)CC2)NC1=O. The Morgan fingerprint density at radius 3 is 2.50 bits per heavy atom. The van der Waals surface area contributed by atoms with Crippen LogP contribution in [0, 0.1) is 5.41 Å². The molecular weight excluding hydrogens is 356 g/mol. The second-order valence-electron chi connectivity index (χ2n) is 8.44. The molecule has 3 aliphatic heterocycles.